The molecule has 2 aliphatic heterocycles. The number of likely N-dealkylation sites (tertiary alicyclic amines) is 1. The van der Waals surface area contributed by atoms with E-state index in [9.17, 15) is 14.7 Å². The van der Waals surface area contributed by atoms with E-state index in [0.717, 1.165) is 42.1 Å². The second-order valence-electron chi connectivity index (χ2n) is 8.41. The molecule has 3 rings (SSSR count). The van der Waals surface area contributed by atoms with Crippen molar-refractivity contribution in [1.29, 1.82) is 0 Å². The van der Waals surface area contributed by atoms with Crippen molar-refractivity contribution < 1.29 is 19.4 Å². The van der Waals surface area contributed by atoms with Crippen LogP contribution < -0.4 is 10.4 Å². The Morgan fingerprint density at radius 3 is 2.70 bits per heavy atom. The maximum Gasteiger partial charge on any atom is 0.410 e. The van der Waals surface area contributed by atoms with Crippen LogP contribution in [0.4, 0.5) is 4.79 Å². The Hall–Kier alpha value is -2.50. The van der Waals surface area contributed by atoms with Crippen LogP contribution in [0, 0.1) is 12.8 Å². The van der Waals surface area contributed by atoms with E-state index in [-0.39, 0.29) is 6.09 Å². The number of aromatic carboxylic acids is 1. The smallest absolute Gasteiger partial charge is 0.410 e. The van der Waals surface area contributed by atoms with E-state index >= 15 is 0 Å². The Kier molecular flexibility index (Phi) is 5.18. The predicted molar refractivity (Wildman–Crippen MR) is 104 cm³/mol. The van der Waals surface area contributed by atoms with Gasteiger partial charge < -0.3 is 19.6 Å². The third-order valence-corrected chi connectivity index (χ3v) is 5.07. The lowest BCUT2D eigenvalue weighted by Gasteiger charge is -2.26. The molecule has 146 valence electrons. The highest BCUT2D eigenvalue weighted by molar-refractivity contribution is 5.89. The molecule has 0 bridgehead atoms. The molecule has 1 atom stereocenters. The molecular formula is C21H28N2O4. The molecule has 2 aliphatic rings. The summed E-state index contributed by atoms with van der Waals surface area (Å²) >= 11 is 0. The second-order valence-corrected chi connectivity index (χ2v) is 8.41. The molecule has 6 nitrogen and oxygen atoms in total. The van der Waals surface area contributed by atoms with E-state index in [1.807, 2.05) is 33.8 Å². The van der Waals surface area contributed by atoms with Crippen molar-refractivity contribution in [1.82, 2.24) is 9.80 Å². The third-order valence-electron chi connectivity index (χ3n) is 5.07. The molecule has 1 unspecified atom stereocenters. The van der Waals surface area contributed by atoms with Crippen molar-refractivity contribution in [3.05, 3.63) is 33.7 Å². The van der Waals surface area contributed by atoms with E-state index in [1.54, 1.807) is 11.0 Å². The van der Waals surface area contributed by atoms with Gasteiger partial charge in [0.1, 0.15) is 5.60 Å². The monoisotopic (exact) mass is 372 g/mol. The maximum atomic E-state index is 12.2. The number of hydrogen-bond donors (Lipinski definition) is 1. The molecular weight excluding hydrogens is 344 g/mol. The number of rotatable bonds is 3. The zero-order valence-electron chi connectivity index (χ0n) is 16.5. The summed E-state index contributed by atoms with van der Waals surface area (Å²) in [6.45, 7) is 10.5. The van der Waals surface area contributed by atoms with Gasteiger partial charge >= 0.3 is 12.1 Å². The zero-order chi connectivity index (χ0) is 19.8. The molecule has 1 fully saturated rings. The van der Waals surface area contributed by atoms with Crippen LogP contribution in [-0.2, 0) is 4.74 Å². The van der Waals surface area contributed by atoms with Gasteiger partial charge in [-0.25, -0.2) is 9.59 Å². The van der Waals surface area contributed by atoms with Crippen molar-refractivity contribution in [2.24, 2.45) is 5.92 Å². The van der Waals surface area contributed by atoms with Crippen molar-refractivity contribution in [2.45, 2.75) is 39.7 Å². The van der Waals surface area contributed by atoms with Gasteiger partial charge in [0.15, 0.2) is 0 Å². The quantitative estimate of drug-likeness (QED) is 0.876. The van der Waals surface area contributed by atoms with Gasteiger partial charge in [-0.15, -0.1) is 0 Å². The van der Waals surface area contributed by atoms with E-state index in [0.29, 0.717) is 18.0 Å². The fraction of sp³-hybridized carbons (Fsp3) is 0.524. The van der Waals surface area contributed by atoms with Crippen molar-refractivity contribution in [2.75, 3.05) is 26.2 Å². The van der Waals surface area contributed by atoms with Gasteiger partial charge in [-0.3, -0.25) is 0 Å². The van der Waals surface area contributed by atoms with Gasteiger partial charge in [-0.05, 0) is 56.9 Å². The Bertz CT molecular complexity index is 869. The molecule has 0 aromatic heterocycles. The fourth-order valence-corrected chi connectivity index (χ4v) is 3.71. The first-order valence-corrected chi connectivity index (χ1v) is 9.41. The molecule has 1 aromatic carbocycles. The highest BCUT2D eigenvalue weighted by atomic mass is 16.6. The van der Waals surface area contributed by atoms with Gasteiger partial charge in [-0.2, -0.15) is 0 Å². The van der Waals surface area contributed by atoms with Gasteiger partial charge in [0.05, 0.1) is 5.56 Å². The molecule has 0 aliphatic carbocycles. The summed E-state index contributed by atoms with van der Waals surface area (Å²) in [7, 11) is 0. The summed E-state index contributed by atoms with van der Waals surface area (Å²) in [4.78, 5) is 27.6. The van der Waals surface area contributed by atoms with Crippen molar-refractivity contribution >= 4 is 24.3 Å². The second kappa shape index (κ2) is 7.25. The average molecular weight is 372 g/mol. The summed E-state index contributed by atoms with van der Waals surface area (Å²) in [6.07, 6.45) is 4.90. The fourth-order valence-electron chi connectivity index (χ4n) is 3.71. The first-order chi connectivity index (χ1) is 12.6. The van der Waals surface area contributed by atoms with Crippen LogP contribution in [0.15, 0.2) is 12.1 Å². The molecule has 0 radical (unpaired) electrons. The van der Waals surface area contributed by atoms with Crippen molar-refractivity contribution in [3.8, 4) is 0 Å². The molecule has 0 spiro atoms. The largest absolute Gasteiger partial charge is 0.478 e. The summed E-state index contributed by atoms with van der Waals surface area (Å²) < 4.78 is 5.46. The molecule has 6 heteroatoms. The minimum atomic E-state index is -0.899. The van der Waals surface area contributed by atoms with Crippen LogP contribution in [0.3, 0.4) is 0 Å². The van der Waals surface area contributed by atoms with Crippen LogP contribution in [0.25, 0.3) is 12.3 Å². The van der Waals surface area contributed by atoms with E-state index in [2.05, 4.69) is 17.2 Å². The number of carboxylic acid groups (broad SMARTS) is 1. The lowest BCUT2D eigenvalue weighted by molar-refractivity contribution is 0.0286. The van der Waals surface area contributed by atoms with Crippen molar-refractivity contribution in [3.63, 3.8) is 0 Å². The first-order valence-electron chi connectivity index (χ1n) is 9.41. The molecule has 1 amide bonds. The Balaban J connectivity index is 1.68. The SMILES string of the molecule is Cc1c(C(=O)O)ccc2c1=CN(CC1CCN(C(=O)OC(C)(C)C)C1)CC=2. The molecule has 27 heavy (non-hydrogen) atoms. The first kappa shape index (κ1) is 19.3. The number of ether oxygens (including phenoxy) is 1. The van der Waals surface area contributed by atoms with E-state index in [4.69, 9.17) is 4.74 Å². The summed E-state index contributed by atoms with van der Waals surface area (Å²) in [5.41, 5.74) is 0.661. The van der Waals surface area contributed by atoms with Gasteiger partial charge in [-0.1, -0.05) is 12.1 Å². The Morgan fingerprint density at radius 1 is 1.30 bits per heavy atom. The lowest BCUT2D eigenvalue weighted by Crippen LogP contribution is -2.40. The molecule has 1 saturated heterocycles. The van der Waals surface area contributed by atoms with Crippen LogP contribution in [0.2, 0.25) is 0 Å². The molecule has 0 saturated carbocycles. The van der Waals surface area contributed by atoms with E-state index in [1.165, 1.54) is 0 Å². The number of fused-ring (bicyclic) bond motifs is 1. The number of benzene rings is 1. The normalized spacial score (nSPS) is 19.2. The number of hydrogen-bond acceptors (Lipinski definition) is 4. The van der Waals surface area contributed by atoms with E-state index < -0.39 is 11.6 Å². The third kappa shape index (κ3) is 4.43. The lowest BCUT2D eigenvalue weighted by atomic mass is 10.0. The topological polar surface area (TPSA) is 70.1 Å². The number of carboxylic acids is 1. The van der Waals surface area contributed by atoms with Gasteiger partial charge in [0.25, 0.3) is 0 Å². The van der Waals surface area contributed by atoms with Gasteiger partial charge in [0, 0.05) is 37.6 Å². The van der Waals surface area contributed by atoms with Crippen LogP contribution >= 0.6 is 0 Å². The summed E-state index contributed by atoms with van der Waals surface area (Å²) in [5, 5.41) is 11.4. The minimum absolute atomic E-state index is 0.244. The highest BCUT2D eigenvalue weighted by Gasteiger charge is 2.30. The number of nitrogens with zero attached hydrogens (tertiary/aromatic N) is 2. The molecule has 1 aromatic rings. The zero-order valence-corrected chi connectivity index (χ0v) is 16.5. The highest BCUT2D eigenvalue weighted by Crippen LogP contribution is 2.21. The minimum Gasteiger partial charge on any atom is -0.478 e. The number of carbonyl (C=O) groups excluding carboxylic acids is 1. The summed E-state index contributed by atoms with van der Waals surface area (Å²) in [5.74, 6) is -0.517. The molecule has 2 heterocycles. The standard InChI is InChI=1S/C21H28N2O4/c1-14-17(19(24)25)6-5-16-8-9-22(13-18(14)16)11-15-7-10-23(12-15)20(26)27-21(2,3)4/h5-6,8,13,15H,7,9-12H2,1-4H3,(H,24,25). The number of amides is 1. The van der Waals surface area contributed by atoms with Crippen LogP contribution in [0.5, 0.6) is 0 Å². The predicted octanol–water partition coefficient (Wildman–Crippen LogP) is 1.78. The Labute approximate surface area is 159 Å². The van der Waals surface area contributed by atoms with Crippen LogP contribution in [-0.4, -0.2) is 58.7 Å². The summed E-state index contributed by atoms with van der Waals surface area (Å²) in [6, 6.07) is 3.55. The van der Waals surface area contributed by atoms with Gasteiger partial charge in [0.2, 0.25) is 0 Å². The molecule has 1 N–H and O–H groups in total. The average Bonchev–Trinajstić information content (AvgIpc) is 3.02. The Morgan fingerprint density at radius 2 is 2.04 bits per heavy atom. The number of carbonyl (C=O) groups is 2. The maximum absolute atomic E-state index is 12.2. The van der Waals surface area contributed by atoms with Crippen LogP contribution in [0.1, 0.15) is 43.1 Å².